The first kappa shape index (κ1) is 15.6. The predicted octanol–water partition coefficient (Wildman–Crippen LogP) is 3.91. The van der Waals surface area contributed by atoms with Gasteiger partial charge >= 0.3 is 0 Å². The van der Waals surface area contributed by atoms with E-state index >= 15 is 0 Å². The van der Waals surface area contributed by atoms with Gasteiger partial charge < -0.3 is 4.74 Å². The van der Waals surface area contributed by atoms with Crippen LogP contribution in [0.25, 0.3) is 0 Å². The van der Waals surface area contributed by atoms with E-state index in [9.17, 15) is 0 Å². The number of hydrogen-bond acceptors (Lipinski definition) is 2. The zero-order valence-corrected chi connectivity index (χ0v) is 14.2. The highest BCUT2D eigenvalue weighted by Crippen LogP contribution is 2.40. The van der Waals surface area contributed by atoms with E-state index in [2.05, 4.69) is 53.3 Å². The summed E-state index contributed by atoms with van der Waals surface area (Å²) < 4.78 is 7.63. The van der Waals surface area contributed by atoms with Gasteiger partial charge in [-0.25, -0.2) is 0 Å². The molecule has 1 fully saturated rings. The van der Waals surface area contributed by atoms with Crippen LogP contribution in [0, 0.1) is 0 Å². The van der Waals surface area contributed by atoms with Crippen molar-refractivity contribution in [3.63, 3.8) is 0 Å². The molecule has 114 valence electrons. The maximum Gasteiger partial charge on any atom is 0.0697 e. The van der Waals surface area contributed by atoms with Crippen molar-refractivity contribution in [2.45, 2.75) is 71.1 Å². The molecule has 0 saturated carbocycles. The Bertz CT molecular complexity index is 468. The summed E-state index contributed by atoms with van der Waals surface area (Å²) in [6.07, 6.45) is 2.20. The maximum atomic E-state index is 5.52. The number of hydrogen-bond donors (Lipinski definition) is 0. The quantitative estimate of drug-likeness (QED) is 0.779. The average molecular weight is 278 g/mol. The SMILES string of the molecule is Cn1nc(C2CCOCC2)c(C(C)(C)C)c1C(C)(C)C. The largest absolute Gasteiger partial charge is 0.381 e. The average Bonchev–Trinajstić information content (AvgIpc) is 2.67. The van der Waals surface area contributed by atoms with Crippen LogP contribution < -0.4 is 0 Å². The molecule has 0 bridgehead atoms. The summed E-state index contributed by atoms with van der Waals surface area (Å²) in [7, 11) is 2.10. The van der Waals surface area contributed by atoms with Crippen LogP contribution >= 0.6 is 0 Å². The lowest BCUT2D eigenvalue weighted by molar-refractivity contribution is 0.0840. The molecule has 3 nitrogen and oxygen atoms in total. The molecule has 0 N–H and O–H groups in total. The van der Waals surface area contributed by atoms with Crippen LogP contribution in [0.4, 0.5) is 0 Å². The van der Waals surface area contributed by atoms with Crippen molar-refractivity contribution in [1.29, 1.82) is 0 Å². The van der Waals surface area contributed by atoms with Crippen LogP contribution in [-0.2, 0) is 22.6 Å². The summed E-state index contributed by atoms with van der Waals surface area (Å²) in [5.74, 6) is 0.556. The summed E-state index contributed by atoms with van der Waals surface area (Å²) in [6.45, 7) is 15.5. The van der Waals surface area contributed by atoms with Gasteiger partial charge in [0.15, 0.2) is 0 Å². The van der Waals surface area contributed by atoms with Gasteiger partial charge in [-0.3, -0.25) is 4.68 Å². The van der Waals surface area contributed by atoms with Gasteiger partial charge in [0, 0.05) is 42.9 Å². The third kappa shape index (κ3) is 2.93. The lowest BCUT2D eigenvalue weighted by atomic mass is 9.75. The first-order valence-corrected chi connectivity index (χ1v) is 7.78. The van der Waals surface area contributed by atoms with Gasteiger partial charge in [-0.05, 0) is 18.3 Å². The van der Waals surface area contributed by atoms with E-state index in [0.29, 0.717) is 5.92 Å². The minimum atomic E-state index is 0.119. The summed E-state index contributed by atoms with van der Waals surface area (Å²) in [4.78, 5) is 0. The van der Waals surface area contributed by atoms with Crippen LogP contribution in [0.15, 0.2) is 0 Å². The highest BCUT2D eigenvalue weighted by molar-refractivity contribution is 5.39. The fraction of sp³-hybridized carbons (Fsp3) is 0.824. The molecule has 1 aromatic heterocycles. The summed E-state index contributed by atoms with van der Waals surface area (Å²) in [5, 5.41) is 4.93. The molecule has 0 unspecified atom stereocenters. The van der Waals surface area contributed by atoms with Crippen molar-refractivity contribution >= 4 is 0 Å². The molecule has 3 heteroatoms. The van der Waals surface area contributed by atoms with Crippen LogP contribution in [0.2, 0.25) is 0 Å². The number of ether oxygens (including phenoxy) is 1. The number of rotatable bonds is 1. The minimum Gasteiger partial charge on any atom is -0.381 e. The van der Waals surface area contributed by atoms with E-state index in [4.69, 9.17) is 9.84 Å². The van der Waals surface area contributed by atoms with Gasteiger partial charge in [0.05, 0.1) is 5.69 Å². The second-order valence-electron chi connectivity index (χ2n) is 8.12. The van der Waals surface area contributed by atoms with E-state index < -0.39 is 0 Å². The molecule has 1 aliphatic heterocycles. The first-order valence-electron chi connectivity index (χ1n) is 7.78. The molecule has 0 amide bonds. The van der Waals surface area contributed by atoms with Crippen LogP contribution in [0.3, 0.4) is 0 Å². The molecule has 0 atom stereocenters. The van der Waals surface area contributed by atoms with Crippen molar-refractivity contribution < 1.29 is 4.74 Å². The Kier molecular flexibility index (Phi) is 4.03. The molecule has 0 spiro atoms. The summed E-state index contributed by atoms with van der Waals surface area (Å²) in [5.41, 5.74) is 4.40. The molecule has 0 aromatic carbocycles. The molecule has 1 saturated heterocycles. The molecule has 0 radical (unpaired) electrons. The molecule has 1 aromatic rings. The Hall–Kier alpha value is -0.830. The molecular formula is C17H30N2O. The van der Waals surface area contributed by atoms with Crippen LogP contribution in [-0.4, -0.2) is 23.0 Å². The van der Waals surface area contributed by atoms with Crippen LogP contribution in [0.1, 0.15) is 77.3 Å². The zero-order valence-electron chi connectivity index (χ0n) is 14.2. The monoisotopic (exact) mass is 278 g/mol. The Balaban J connectivity index is 2.57. The molecule has 2 heterocycles. The minimum absolute atomic E-state index is 0.119. The van der Waals surface area contributed by atoms with Crippen LogP contribution in [0.5, 0.6) is 0 Å². The van der Waals surface area contributed by atoms with E-state index in [1.54, 1.807) is 0 Å². The molecule has 1 aliphatic rings. The van der Waals surface area contributed by atoms with Crippen molar-refractivity contribution in [2.75, 3.05) is 13.2 Å². The number of aryl methyl sites for hydroxylation is 1. The standard InChI is InChI=1S/C17H30N2O/c1-16(2,3)13-14(12-8-10-20-11-9-12)18-19(7)15(13)17(4,5)6/h12H,8-11H2,1-7H3. The van der Waals surface area contributed by atoms with Gasteiger partial charge in [-0.1, -0.05) is 41.5 Å². The molecule has 2 rings (SSSR count). The summed E-state index contributed by atoms with van der Waals surface area (Å²) in [6, 6.07) is 0. The number of nitrogens with zero attached hydrogens (tertiary/aromatic N) is 2. The maximum absolute atomic E-state index is 5.52. The highest BCUT2D eigenvalue weighted by Gasteiger charge is 2.35. The van der Waals surface area contributed by atoms with Gasteiger partial charge in [0.2, 0.25) is 0 Å². The first-order chi connectivity index (χ1) is 9.12. The topological polar surface area (TPSA) is 27.1 Å². The fourth-order valence-corrected chi connectivity index (χ4v) is 3.40. The fourth-order valence-electron chi connectivity index (χ4n) is 3.40. The third-order valence-electron chi connectivity index (χ3n) is 4.14. The van der Waals surface area contributed by atoms with E-state index in [1.165, 1.54) is 17.0 Å². The van der Waals surface area contributed by atoms with Gasteiger partial charge in [0.25, 0.3) is 0 Å². The lowest BCUT2D eigenvalue weighted by Crippen LogP contribution is -2.25. The molecular weight excluding hydrogens is 248 g/mol. The second-order valence-corrected chi connectivity index (χ2v) is 8.12. The Morgan fingerprint density at radius 2 is 1.55 bits per heavy atom. The Morgan fingerprint density at radius 3 is 2.00 bits per heavy atom. The summed E-state index contributed by atoms with van der Waals surface area (Å²) >= 11 is 0. The smallest absolute Gasteiger partial charge is 0.0697 e. The number of aromatic nitrogens is 2. The normalized spacial score (nSPS) is 18.6. The lowest BCUT2D eigenvalue weighted by Gasteiger charge is -2.30. The Labute approximate surface area is 123 Å². The van der Waals surface area contributed by atoms with Crippen molar-refractivity contribution in [2.24, 2.45) is 7.05 Å². The molecule has 20 heavy (non-hydrogen) atoms. The van der Waals surface area contributed by atoms with Crippen molar-refractivity contribution in [3.8, 4) is 0 Å². The zero-order chi connectivity index (χ0) is 15.1. The van der Waals surface area contributed by atoms with Gasteiger partial charge in [-0.2, -0.15) is 5.10 Å². The van der Waals surface area contributed by atoms with E-state index in [1.807, 2.05) is 0 Å². The van der Waals surface area contributed by atoms with E-state index in [0.717, 1.165) is 26.1 Å². The Morgan fingerprint density at radius 1 is 1.00 bits per heavy atom. The van der Waals surface area contributed by atoms with Gasteiger partial charge in [-0.15, -0.1) is 0 Å². The van der Waals surface area contributed by atoms with Gasteiger partial charge in [0.1, 0.15) is 0 Å². The highest BCUT2D eigenvalue weighted by atomic mass is 16.5. The third-order valence-corrected chi connectivity index (χ3v) is 4.14. The van der Waals surface area contributed by atoms with Crippen molar-refractivity contribution in [3.05, 3.63) is 17.0 Å². The van der Waals surface area contributed by atoms with E-state index in [-0.39, 0.29) is 10.8 Å². The second kappa shape index (κ2) is 5.18. The molecule has 0 aliphatic carbocycles. The van der Waals surface area contributed by atoms with Crippen molar-refractivity contribution in [1.82, 2.24) is 9.78 Å². The predicted molar refractivity (Wildman–Crippen MR) is 83.4 cm³/mol.